The zero-order chi connectivity index (χ0) is 23.2. The molecule has 6 nitrogen and oxygen atoms in total. The van der Waals surface area contributed by atoms with E-state index < -0.39 is 34.9 Å². The molecule has 1 atom stereocenters. The minimum atomic E-state index is -1.66. The normalized spacial score (nSPS) is 13.4. The molecular formula is C24H31FN2O4. The summed E-state index contributed by atoms with van der Waals surface area (Å²) in [5, 5.41) is 2.68. The highest BCUT2D eigenvalue weighted by Crippen LogP contribution is 2.37. The summed E-state index contributed by atoms with van der Waals surface area (Å²) in [7, 11) is 0. The van der Waals surface area contributed by atoms with Gasteiger partial charge >= 0.3 is 12.1 Å². The number of nitrogen functional groups attached to an aromatic ring is 1. The highest BCUT2D eigenvalue weighted by molar-refractivity contribution is 5.87. The van der Waals surface area contributed by atoms with E-state index >= 15 is 0 Å². The summed E-state index contributed by atoms with van der Waals surface area (Å²) in [6, 6.07) is 13.2. The maximum Gasteiger partial charge on any atom is 0.408 e. The number of amides is 1. The second kappa shape index (κ2) is 9.81. The van der Waals surface area contributed by atoms with Crippen LogP contribution in [0.4, 0.5) is 14.9 Å². The summed E-state index contributed by atoms with van der Waals surface area (Å²) < 4.78 is 25.2. The van der Waals surface area contributed by atoms with E-state index in [4.69, 9.17) is 15.2 Å². The van der Waals surface area contributed by atoms with Crippen molar-refractivity contribution in [1.29, 1.82) is 0 Å². The number of carbonyl (C=O) groups is 2. The average Bonchev–Trinajstić information content (AvgIpc) is 2.67. The lowest BCUT2D eigenvalue weighted by molar-refractivity contribution is -0.157. The van der Waals surface area contributed by atoms with Gasteiger partial charge in [0.1, 0.15) is 12.4 Å². The molecule has 7 heteroatoms. The Morgan fingerprint density at radius 1 is 1.10 bits per heavy atom. The molecule has 2 aromatic rings. The molecule has 0 fully saturated rings. The third-order valence-corrected chi connectivity index (χ3v) is 4.51. The summed E-state index contributed by atoms with van der Waals surface area (Å²) in [6.45, 7) is 9.17. The van der Waals surface area contributed by atoms with Crippen molar-refractivity contribution in [2.24, 2.45) is 5.41 Å². The van der Waals surface area contributed by atoms with Gasteiger partial charge in [0.15, 0.2) is 5.54 Å². The molecular weight excluding hydrogens is 399 g/mol. The molecule has 0 saturated carbocycles. The Kier molecular flexibility index (Phi) is 7.65. The van der Waals surface area contributed by atoms with Gasteiger partial charge in [-0.05, 0) is 48.9 Å². The van der Waals surface area contributed by atoms with Gasteiger partial charge in [0.05, 0.1) is 11.8 Å². The number of carbonyl (C=O) groups excluding carboxylic acids is 2. The summed E-state index contributed by atoms with van der Waals surface area (Å²) in [4.78, 5) is 26.1. The highest BCUT2D eigenvalue weighted by Gasteiger charge is 2.47. The quantitative estimate of drug-likeness (QED) is 0.481. The van der Waals surface area contributed by atoms with Crippen molar-refractivity contribution in [1.82, 2.24) is 5.32 Å². The predicted octanol–water partition coefficient (Wildman–Crippen LogP) is 4.92. The van der Waals surface area contributed by atoms with Gasteiger partial charge in [-0.2, -0.15) is 0 Å². The molecule has 2 aromatic carbocycles. The molecule has 0 aromatic heterocycles. The van der Waals surface area contributed by atoms with Gasteiger partial charge in [-0.25, -0.2) is 14.0 Å². The van der Waals surface area contributed by atoms with E-state index in [0.29, 0.717) is 0 Å². The molecule has 31 heavy (non-hydrogen) atoms. The molecule has 3 N–H and O–H groups in total. The zero-order valence-electron chi connectivity index (χ0n) is 18.7. The first-order chi connectivity index (χ1) is 14.4. The van der Waals surface area contributed by atoms with Gasteiger partial charge in [-0.1, -0.05) is 57.2 Å². The van der Waals surface area contributed by atoms with Crippen molar-refractivity contribution >= 4 is 17.7 Å². The average molecular weight is 431 g/mol. The number of nitrogens with one attached hydrogen (secondary N) is 1. The molecule has 168 valence electrons. The van der Waals surface area contributed by atoms with E-state index in [0.717, 1.165) is 11.6 Å². The third kappa shape index (κ3) is 6.70. The summed E-state index contributed by atoms with van der Waals surface area (Å²) in [6.07, 6.45) is -1.10. The number of anilines is 1. The van der Waals surface area contributed by atoms with Gasteiger partial charge in [-0.15, -0.1) is 0 Å². The van der Waals surface area contributed by atoms with Gasteiger partial charge in [-0.3, -0.25) is 0 Å². The Morgan fingerprint density at radius 3 is 2.29 bits per heavy atom. The maximum atomic E-state index is 14.4. The lowest BCUT2D eigenvalue weighted by Crippen LogP contribution is -2.55. The van der Waals surface area contributed by atoms with Crippen molar-refractivity contribution < 1.29 is 23.5 Å². The number of hydrogen-bond donors (Lipinski definition) is 2. The van der Waals surface area contributed by atoms with Gasteiger partial charge in [0.2, 0.25) is 0 Å². The van der Waals surface area contributed by atoms with Crippen LogP contribution in [0.2, 0.25) is 0 Å². The fourth-order valence-corrected chi connectivity index (χ4v) is 3.30. The molecule has 0 spiro atoms. The summed E-state index contributed by atoms with van der Waals surface area (Å²) in [5.74, 6) is -1.38. The highest BCUT2D eigenvalue weighted by atomic mass is 19.1. The number of rotatable bonds is 7. The van der Waals surface area contributed by atoms with Crippen molar-refractivity contribution in [3.05, 3.63) is 65.5 Å². The molecule has 0 aliphatic carbocycles. The monoisotopic (exact) mass is 430 g/mol. The van der Waals surface area contributed by atoms with Crippen LogP contribution in [0.1, 0.15) is 52.2 Å². The predicted molar refractivity (Wildman–Crippen MR) is 118 cm³/mol. The Morgan fingerprint density at radius 2 is 1.74 bits per heavy atom. The first-order valence-electron chi connectivity index (χ1n) is 10.2. The molecule has 0 aliphatic heterocycles. The first-order valence-corrected chi connectivity index (χ1v) is 10.2. The van der Waals surface area contributed by atoms with Crippen LogP contribution in [0, 0.1) is 11.2 Å². The number of halogens is 1. The molecule has 0 radical (unpaired) electrons. The first kappa shape index (κ1) is 24.2. The number of alkyl carbamates (subject to hydrolysis) is 1. The molecule has 1 amide bonds. The molecule has 0 unspecified atom stereocenters. The molecule has 0 bridgehead atoms. The lowest BCUT2D eigenvalue weighted by atomic mass is 9.75. The zero-order valence-corrected chi connectivity index (χ0v) is 18.7. The number of nitrogens with two attached hydrogens (primary N) is 1. The SMILES string of the molecule is CC(C)OC(=O)[C@](CC(C)(C)C)(NC(=O)OCc1ccccc1)c1ccc(N)c(F)c1. The Bertz CT molecular complexity index is 910. The molecule has 0 saturated heterocycles. The second-order valence-corrected chi connectivity index (χ2v) is 9.02. The van der Waals surface area contributed by atoms with E-state index in [-0.39, 0.29) is 24.3 Å². The van der Waals surface area contributed by atoms with Crippen molar-refractivity contribution in [2.75, 3.05) is 5.73 Å². The maximum absolute atomic E-state index is 14.4. The van der Waals surface area contributed by atoms with E-state index in [1.807, 2.05) is 51.1 Å². The Balaban J connectivity index is 2.45. The minimum absolute atomic E-state index is 0.0214. The van der Waals surface area contributed by atoms with Gasteiger partial charge < -0.3 is 20.5 Å². The topological polar surface area (TPSA) is 90.6 Å². The van der Waals surface area contributed by atoms with E-state index in [1.54, 1.807) is 13.8 Å². The summed E-state index contributed by atoms with van der Waals surface area (Å²) >= 11 is 0. The minimum Gasteiger partial charge on any atom is -0.461 e. The lowest BCUT2D eigenvalue weighted by Gasteiger charge is -2.38. The van der Waals surface area contributed by atoms with Crippen LogP contribution >= 0.6 is 0 Å². The van der Waals surface area contributed by atoms with Crippen molar-refractivity contribution in [3.8, 4) is 0 Å². The van der Waals surface area contributed by atoms with Crippen LogP contribution in [0.25, 0.3) is 0 Å². The van der Waals surface area contributed by atoms with Crippen LogP contribution in [-0.4, -0.2) is 18.2 Å². The fraction of sp³-hybridized carbons (Fsp3) is 0.417. The summed E-state index contributed by atoms with van der Waals surface area (Å²) in [5.41, 5.74) is 4.50. The number of hydrogen-bond acceptors (Lipinski definition) is 5. The Labute approximate surface area is 182 Å². The van der Waals surface area contributed by atoms with E-state index in [1.165, 1.54) is 12.1 Å². The second-order valence-electron chi connectivity index (χ2n) is 9.02. The number of ether oxygens (including phenoxy) is 2. The van der Waals surface area contributed by atoms with Gasteiger partial charge in [0.25, 0.3) is 0 Å². The van der Waals surface area contributed by atoms with Crippen LogP contribution < -0.4 is 11.1 Å². The molecule has 0 aliphatic rings. The van der Waals surface area contributed by atoms with Crippen molar-refractivity contribution in [3.63, 3.8) is 0 Å². The van der Waals surface area contributed by atoms with E-state index in [9.17, 15) is 14.0 Å². The largest absolute Gasteiger partial charge is 0.461 e. The fourth-order valence-electron chi connectivity index (χ4n) is 3.30. The van der Waals surface area contributed by atoms with Crippen molar-refractivity contribution in [2.45, 2.75) is 59.3 Å². The smallest absolute Gasteiger partial charge is 0.408 e. The van der Waals surface area contributed by atoms with Crippen LogP contribution in [0.15, 0.2) is 48.5 Å². The molecule has 0 heterocycles. The number of benzene rings is 2. The Hall–Kier alpha value is -3.09. The number of esters is 1. The van der Waals surface area contributed by atoms with Gasteiger partial charge in [0, 0.05) is 0 Å². The van der Waals surface area contributed by atoms with Crippen LogP contribution in [0.3, 0.4) is 0 Å². The van der Waals surface area contributed by atoms with Crippen LogP contribution in [-0.2, 0) is 26.4 Å². The van der Waals surface area contributed by atoms with Crippen LogP contribution in [0.5, 0.6) is 0 Å². The third-order valence-electron chi connectivity index (χ3n) is 4.51. The standard InChI is InChI=1S/C24H31FN2O4/c1-16(2)31-21(28)24(15-23(3,4)5,18-11-12-20(26)19(25)13-18)27-22(29)30-14-17-9-7-6-8-10-17/h6-13,16H,14-15,26H2,1-5H3,(H,27,29)/t24-/m1/s1. The molecule has 2 rings (SSSR count). The van der Waals surface area contributed by atoms with E-state index in [2.05, 4.69) is 5.32 Å².